The molecule has 0 aromatic heterocycles. The van der Waals surface area contributed by atoms with Crippen LogP contribution in [0.5, 0.6) is 0 Å². The van der Waals surface area contributed by atoms with Crippen LogP contribution in [0, 0.1) is 0 Å². The zero-order chi connectivity index (χ0) is 44.0. The molecule has 0 bridgehead atoms. The van der Waals surface area contributed by atoms with Crippen molar-refractivity contribution in [3.8, 4) is 0 Å². The van der Waals surface area contributed by atoms with E-state index in [1.54, 1.807) is 0 Å². The summed E-state index contributed by atoms with van der Waals surface area (Å²) < 4.78 is 0. The molecule has 312 valence electrons. The molecule has 0 aliphatic carbocycles. The van der Waals surface area contributed by atoms with Crippen LogP contribution in [-0.4, -0.2) is 13.4 Å². The van der Waals surface area contributed by atoms with Crippen molar-refractivity contribution in [2.45, 2.75) is 9.79 Å². The first-order chi connectivity index (χ1) is 33.3. The molecule has 0 unspecified atom stereocenters. The van der Waals surface area contributed by atoms with E-state index in [4.69, 9.17) is 0 Å². The van der Waals surface area contributed by atoms with Crippen LogP contribution < -0.4 is 52.4 Å². The van der Waals surface area contributed by atoms with Gasteiger partial charge in [-0.25, -0.2) is 0 Å². The fourth-order valence-electron chi connectivity index (χ4n) is 11.4. The van der Waals surface area contributed by atoms with Gasteiger partial charge in [0.15, 0.2) is 0 Å². The Hall–Kier alpha value is -8.12. The van der Waals surface area contributed by atoms with Gasteiger partial charge < -0.3 is 19.6 Å². The maximum absolute atomic E-state index is 2.48. The van der Waals surface area contributed by atoms with Crippen LogP contribution in [0.15, 0.2) is 252 Å². The predicted molar refractivity (Wildman–Crippen MR) is 285 cm³/mol. The standard InChI is InChI=1S/C60H40B2N4S/c1-5-19-41(20-6-1)63-51-29-15-13-27-47(51)61-49-39-45(35-37-53(49)65(43-23-9-3-10-24-43)57-33-17-31-55(63)59(57)61)67-46-36-38-54-50(40-46)62-48-28-14-16-30-52(48)64(42-21-7-2-8-22-42)56-32-18-34-58(60(56)62)66(54)44-25-11-4-12-26-44/h1-40H. The molecule has 10 aromatic carbocycles. The molecule has 0 radical (unpaired) electrons. The van der Waals surface area contributed by atoms with Gasteiger partial charge in [-0.15, -0.1) is 0 Å². The molecule has 0 fully saturated rings. The quantitative estimate of drug-likeness (QED) is 0.154. The highest BCUT2D eigenvalue weighted by Gasteiger charge is 2.45. The van der Waals surface area contributed by atoms with Crippen LogP contribution in [0.3, 0.4) is 0 Å². The van der Waals surface area contributed by atoms with E-state index in [-0.39, 0.29) is 13.4 Å². The summed E-state index contributed by atoms with van der Waals surface area (Å²) in [7, 11) is 0. The summed E-state index contributed by atoms with van der Waals surface area (Å²) in [6, 6.07) is 89.4. The molecule has 0 saturated carbocycles. The Morgan fingerprint density at radius 2 is 0.522 bits per heavy atom. The minimum Gasteiger partial charge on any atom is -0.311 e. The van der Waals surface area contributed by atoms with Crippen LogP contribution in [0.2, 0.25) is 0 Å². The van der Waals surface area contributed by atoms with Gasteiger partial charge in [0.1, 0.15) is 0 Å². The van der Waals surface area contributed by atoms with E-state index in [0.717, 1.165) is 22.7 Å². The van der Waals surface area contributed by atoms with Crippen molar-refractivity contribution in [2.24, 2.45) is 0 Å². The summed E-state index contributed by atoms with van der Waals surface area (Å²) in [5, 5.41) is 0. The first kappa shape index (κ1) is 38.2. The van der Waals surface area contributed by atoms with E-state index in [1.807, 2.05) is 11.8 Å². The number of fused-ring (bicyclic) bond motifs is 8. The normalized spacial score (nSPS) is 13.6. The molecule has 4 heterocycles. The first-order valence-electron chi connectivity index (χ1n) is 23.1. The third-order valence-corrected chi connectivity index (χ3v) is 15.0. The van der Waals surface area contributed by atoms with E-state index in [9.17, 15) is 0 Å². The van der Waals surface area contributed by atoms with Gasteiger partial charge in [0.25, 0.3) is 13.4 Å². The van der Waals surface area contributed by atoms with Crippen LogP contribution in [0.1, 0.15) is 0 Å². The van der Waals surface area contributed by atoms with E-state index in [2.05, 4.69) is 262 Å². The minimum absolute atomic E-state index is 0.0436. The number of nitrogens with zero attached hydrogens (tertiary/aromatic N) is 4. The maximum Gasteiger partial charge on any atom is 0.252 e. The van der Waals surface area contributed by atoms with Gasteiger partial charge in [0.2, 0.25) is 0 Å². The van der Waals surface area contributed by atoms with Gasteiger partial charge in [0, 0.05) is 78.0 Å². The molecule has 0 saturated heterocycles. The van der Waals surface area contributed by atoms with E-state index in [0.29, 0.717) is 0 Å². The summed E-state index contributed by atoms with van der Waals surface area (Å²) in [6.45, 7) is 0.0872. The topological polar surface area (TPSA) is 13.0 Å². The lowest BCUT2D eigenvalue weighted by Gasteiger charge is -2.44. The number of para-hydroxylation sites is 6. The maximum atomic E-state index is 2.48. The second-order valence-corrected chi connectivity index (χ2v) is 18.8. The monoisotopic (exact) mass is 870 g/mol. The molecular weight excluding hydrogens is 830 g/mol. The van der Waals surface area contributed by atoms with Gasteiger partial charge in [-0.05, 0) is 142 Å². The zero-order valence-corrected chi connectivity index (χ0v) is 37.3. The fourth-order valence-corrected chi connectivity index (χ4v) is 12.3. The second kappa shape index (κ2) is 15.2. The van der Waals surface area contributed by atoms with Gasteiger partial charge >= 0.3 is 0 Å². The molecular formula is C60H40B2N4S. The summed E-state index contributed by atoms with van der Waals surface area (Å²) in [5.41, 5.74) is 22.2. The van der Waals surface area contributed by atoms with Crippen molar-refractivity contribution in [1.82, 2.24) is 0 Å². The Morgan fingerprint density at radius 3 is 0.866 bits per heavy atom. The van der Waals surface area contributed by atoms with Gasteiger partial charge in [0.05, 0.1) is 0 Å². The summed E-state index contributed by atoms with van der Waals surface area (Å²) in [5.74, 6) is 0. The molecule has 10 aromatic rings. The SMILES string of the molecule is c1ccc(N2c3ccccc3B3c4cc(Sc5ccc6c(c5)B5c7ccccc7N(c7ccccc7)c7cccc(c75)N6c5ccccc5)ccc4N(c4ccccc4)c4cccc2c43)cc1. The summed E-state index contributed by atoms with van der Waals surface area (Å²) in [4.78, 5) is 12.3. The fraction of sp³-hybridized carbons (Fsp3) is 0. The smallest absolute Gasteiger partial charge is 0.252 e. The van der Waals surface area contributed by atoms with Crippen molar-refractivity contribution < 1.29 is 0 Å². The van der Waals surface area contributed by atoms with E-state index >= 15 is 0 Å². The zero-order valence-electron chi connectivity index (χ0n) is 36.4. The van der Waals surface area contributed by atoms with Crippen molar-refractivity contribution in [1.29, 1.82) is 0 Å². The molecule has 0 spiro atoms. The number of rotatable bonds is 6. The van der Waals surface area contributed by atoms with E-state index in [1.165, 1.54) is 88.1 Å². The Kier molecular flexibility index (Phi) is 8.68. The van der Waals surface area contributed by atoms with Crippen molar-refractivity contribution in [2.75, 3.05) is 19.6 Å². The molecule has 14 rings (SSSR count). The molecule has 0 amide bonds. The Bertz CT molecular complexity index is 3290. The van der Waals surface area contributed by atoms with Crippen LogP contribution in [-0.2, 0) is 0 Å². The Labute approximate surface area is 396 Å². The van der Waals surface area contributed by atoms with Gasteiger partial charge in [-0.2, -0.15) is 0 Å². The lowest BCUT2D eigenvalue weighted by molar-refractivity contribution is 1.24. The molecule has 7 heteroatoms. The van der Waals surface area contributed by atoms with Crippen molar-refractivity contribution in [3.05, 3.63) is 243 Å². The number of hydrogen-bond acceptors (Lipinski definition) is 5. The third kappa shape index (κ3) is 5.84. The molecule has 67 heavy (non-hydrogen) atoms. The highest BCUT2D eigenvalue weighted by molar-refractivity contribution is 7.99. The Balaban J connectivity index is 0.936. The number of benzene rings is 10. The van der Waals surface area contributed by atoms with Gasteiger partial charge in [-0.1, -0.05) is 145 Å². The average molecular weight is 871 g/mol. The molecule has 0 atom stereocenters. The third-order valence-electron chi connectivity index (χ3n) is 14.0. The lowest BCUT2D eigenvalue weighted by atomic mass is 9.33. The van der Waals surface area contributed by atoms with Crippen molar-refractivity contribution >= 4 is 126 Å². The molecule has 4 aliphatic heterocycles. The molecule has 4 nitrogen and oxygen atoms in total. The lowest BCUT2D eigenvalue weighted by Crippen LogP contribution is -2.61. The van der Waals surface area contributed by atoms with E-state index < -0.39 is 0 Å². The van der Waals surface area contributed by atoms with Crippen LogP contribution >= 0.6 is 11.8 Å². The predicted octanol–water partition coefficient (Wildman–Crippen LogP) is 12.0. The molecule has 4 aliphatic rings. The summed E-state index contributed by atoms with van der Waals surface area (Å²) in [6.07, 6.45) is 0. The number of anilines is 12. The highest BCUT2D eigenvalue weighted by atomic mass is 32.2. The second-order valence-electron chi connectivity index (χ2n) is 17.6. The Morgan fingerprint density at radius 1 is 0.239 bits per heavy atom. The van der Waals surface area contributed by atoms with Crippen LogP contribution in [0.4, 0.5) is 68.2 Å². The largest absolute Gasteiger partial charge is 0.311 e. The number of hydrogen-bond donors (Lipinski definition) is 0. The summed E-state index contributed by atoms with van der Waals surface area (Å²) >= 11 is 1.86. The molecule has 0 N–H and O–H groups in total. The highest BCUT2D eigenvalue weighted by Crippen LogP contribution is 2.47. The van der Waals surface area contributed by atoms with Crippen molar-refractivity contribution in [3.63, 3.8) is 0 Å². The van der Waals surface area contributed by atoms with Gasteiger partial charge in [-0.3, -0.25) is 0 Å². The van der Waals surface area contributed by atoms with Crippen LogP contribution in [0.25, 0.3) is 0 Å². The minimum atomic E-state index is 0.0436. The average Bonchev–Trinajstić information content (AvgIpc) is 3.39. The first-order valence-corrected chi connectivity index (χ1v) is 23.9.